The van der Waals surface area contributed by atoms with Crippen molar-refractivity contribution in [1.29, 1.82) is 0 Å². The zero-order valence-corrected chi connectivity index (χ0v) is 11.1. The van der Waals surface area contributed by atoms with E-state index in [4.69, 9.17) is 0 Å². The summed E-state index contributed by atoms with van der Waals surface area (Å²) in [4.78, 5) is 19.4. The Morgan fingerprint density at radius 1 is 1.25 bits per heavy atom. The summed E-state index contributed by atoms with van der Waals surface area (Å²) < 4.78 is 0. The number of rotatable bonds is 3. The molecule has 0 aliphatic carbocycles. The van der Waals surface area contributed by atoms with E-state index in [1.165, 1.54) is 0 Å². The van der Waals surface area contributed by atoms with E-state index >= 15 is 0 Å². The van der Waals surface area contributed by atoms with Crippen LogP contribution >= 0.6 is 0 Å². The van der Waals surface area contributed by atoms with Crippen molar-refractivity contribution in [3.8, 4) is 0 Å². The largest absolute Gasteiger partial charge is 0.350 e. The van der Waals surface area contributed by atoms with E-state index in [2.05, 4.69) is 15.3 Å². The van der Waals surface area contributed by atoms with Gasteiger partial charge >= 0.3 is 0 Å². The molecule has 0 spiro atoms. The number of aromatic nitrogens is 2. The van der Waals surface area contributed by atoms with Crippen LogP contribution in [0.15, 0.2) is 54.9 Å². The van der Waals surface area contributed by atoms with Crippen molar-refractivity contribution in [2.24, 2.45) is 0 Å². The molecule has 2 aromatic heterocycles. The zero-order chi connectivity index (χ0) is 13.9. The van der Waals surface area contributed by atoms with E-state index in [0.717, 1.165) is 16.5 Å². The van der Waals surface area contributed by atoms with Crippen molar-refractivity contribution < 1.29 is 4.79 Å². The van der Waals surface area contributed by atoms with Crippen LogP contribution in [0.25, 0.3) is 10.9 Å². The number of H-pyrrole nitrogens is 1. The molecule has 0 bridgehead atoms. The molecule has 2 N–H and O–H groups in total. The highest BCUT2D eigenvalue weighted by atomic mass is 16.1. The molecule has 1 amide bonds. The molecular formula is C16H15N3O. The Balaban J connectivity index is 1.79. The van der Waals surface area contributed by atoms with Gasteiger partial charge in [-0.25, -0.2) is 0 Å². The van der Waals surface area contributed by atoms with Gasteiger partial charge in [0.2, 0.25) is 0 Å². The second-order valence-corrected chi connectivity index (χ2v) is 4.75. The Hall–Kier alpha value is -2.62. The summed E-state index contributed by atoms with van der Waals surface area (Å²) in [7, 11) is 0. The van der Waals surface area contributed by atoms with E-state index in [9.17, 15) is 4.79 Å². The van der Waals surface area contributed by atoms with Gasteiger partial charge in [-0.05, 0) is 24.6 Å². The van der Waals surface area contributed by atoms with Gasteiger partial charge in [0.25, 0.3) is 5.91 Å². The second-order valence-electron chi connectivity index (χ2n) is 4.75. The Bertz CT molecular complexity index is 701. The van der Waals surface area contributed by atoms with Crippen LogP contribution in [0.3, 0.4) is 0 Å². The fourth-order valence-corrected chi connectivity index (χ4v) is 2.19. The van der Waals surface area contributed by atoms with Crippen LogP contribution in [-0.4, -0.2) is 15.9 Å². The summed E-state index contributed by atoms with van der Waals surface area (Å²) in [6, 6.07) is 13.5. The lowest BCUT2D eigenvalue weighted by atomic mass is 10.1. The van der Waals surface area contributed by atoms with Crippen molar-refractivity contribution >= 4 is 16.8 Å². The molecule has 100 valence electrons. The van der Waals surface area contributed by atoms with Gasteiger partial charge in [-0.1, -0.05) is 30.3 Å². The number of amides is 1. The van der Waals surface area contributed by atoms with Gasteiger partial charge in [0.05, 0.1) is 6.04 Å². The molecule has 20 heavy (non-hydrogen) atoms. The smallest absolute Gasteiger partial charge is 0.268 e. The maximum Gasteiger partial charge on any atom is 0.268 e. The number of carbonyl (C=O) groups is 1. The lowest BCUT2D eigenvalue weighted by molar-refractivity contribution is 0.0935. The van der Waals surface area contributed by atoms with Crippen molar-refractivity contribution in [3.05, 3.63) is 66.1 Å². The summed E-state index contributed by atoms with van der Waals surface area (Å²) in [5, 5.41) is 3.92. The van der Waals surface area contributed by atoms with Crippen LogP contribution in [0.4, 0.5) is 0 Å². The number of carbonyl (C=O) groups excluding carboxylic acids is 1. The second kappa shape index (κ2) is 5.17. The highest BCUT2D eigenvalue weighted by molar-refractivity contribution is 5.97. The number of hydrogen-bond acceptors (Lipinski definition) is 2. The van der Waals surface area contributed by atoms with Crippen LogP contribution in [0.2, 0.25) is 0 Å². The lowest BCUT2D eigenvalue weighted by Gasteiger charge is -2.13. The first-order valence-electron chi connectivity index (χ1n) is 6.52. The van der Waals surface area contributed by atoms with Crippen LogP contribution < -0.4 is 5.32 Å². The first-order chi connectivity index (χ1) is 9.74. The highest BCUT2D eigenvalue weighted by Crippen LogP contribution is 2.15. The molecule has 3 aromatic rings. The van der Waals surface area contributed by atoms with Crippen LogP contribution in [0.1, 0.15) is 29.0 Å². The zero-order valence-electron chi connectivity index (χ0n) is 11.1. The summed E-state index contributed by atoms with van der Waals surface area (Å²) in [6.07, 6.45) is 3.44. The third kappa shape index (κ3) is 2.40. The standard InChI is InChI=1S/C16H15N3O/c1-11(12-5-3-2-4-6-12)18-16(20)15-9-13-10-17-8-7-14(13)19-15/h2-11,19H,1H3,(H,18,20). The normalized spacial score (nSPS) is 12.2. The summed E-state index contributed by atoms with van der Waals surface area (Å²) in [5.41, 5.74) is 2.55. The van der Waals surface area contributed by atoms with Crippen molar-refractivity contribution in [2.75, 3.05) is 0 Å². The Labute approximate surface area is 116 Å². The van der Waals surface area contributed by atoms with Crippen LogP contribution in [0, 0.1) is 0 Å². The highest BCUT2D eigenvalue weighted by Gasteiger charge is 2.13. The number of pyridine rings is 1. The van der Waals surface area contributed by atoms with E-state index < -0.39 is 0 Å². The molecule has 4 nitrogen and oxygen atoms in total. The minimum absolute atomic E-state index is 0.0340. The van der Waals surface area contributed by atoms with Gasteiger partial charge in [0.15, 0.2) is 0 Å². The maximum atomic E-state index is 12.2. The average molecular weight is 265 g/mol. The SMILES string of the molecule is CC(NC(=O)c1cc2cnccc2[nH]1)c1ccccc1. The quantitative estimate of drug-likeness (QED) is 0.764. The van der Waals surface area contributed by atoms with Crippen molar-refractivity contribution in [3.63, 3.8) is 0 Å². The molecule has 0 aliphatic rings. The molecule has 4 heteroatoms. The Morgan fingerprint density at radius 3 is 2.80 bits per heavy atom. The molecular weight excluding hydrogens is 250 g/mol. The van der Waals surface area contributed by atoms with Crippen LogP contribution in [-0.2, 0) is 0 Å². The average Bonchev–Trinajstić information content (AvgIpc) is 2.92. The molecule has 1 unspecified atom stereocenters. The third-order valence-electron chi connectivity index (χ3n) is 3.31. The predicted molar refractivity (Wildman–Crippen MR) is 78.4 cm³/mol. The van der Waals surface area contributed by atoms with Gasteiger partial charge < -0.3 is 10.3 Å². The Morgan fingerprint density at radius 2 is 2.05 bits per heavy atom. The van der Waals surface area contributed by atoms with E-state index in [1.54, 1.807) is 12.4 Å². The van der Waals surface area contributed by atoms with E-state index in [0.29, 0.717) is 5.69 Å². The molecule has 1 atom stereocenters. The Kier molecular flexibility index (Phi) is 3.21. The summed E-state index contributed by atoms with van der Waals surface area (Å²) >= 11 is 0. The maximum absolute atomic E-state index is 12.2. The number of fused-ring (bicyclic) bond motifs is 1. The predicted octanol–water partition coefficient (Wildman–Crippen LogP) is 3.05. The fraction of sp³-hybridized carbons (Fsp3) is 0.125. The lowest BCUT2D eigenvalue weighted by Crippen LogP contribution is -2.26. The molecule has 0 saturated carbocycles. The summed E-state index contributed by atoms with van der Waals surface area (Å²) in [5.74, 6) is -0.113. The minimum Gasteiger partial charge on any atom is -0.350 e. The third-order valence-corrected chi connectivity index (χ3v) is 3.31. The molecule has 0 radical (unpaired) electrons. The van der Waals surface area contributed by atoms with Gasteiger partial charge in [0, 0.05) is 23.3 Å². The molecule has 3 rings (SSSR count). The molecule has 0 aliphatic heterocycles. The first kappa shape index (κ1) is 12.4. The number of nitrogens with zero attached hydrogens (tertiary/aromatic N) is 1. The van der Waals surface area contributed by atoms with Gasteiger partial charge in [-0.3, -0.25) is 9.78 Å². The van der Waals surface area contributed by atoms with Gasteiger partial charge in [-0.2, -0.15) is 0 Å². The number of nitrogens with one attached hydrogen (secondary N) is 2. The van der Waals surface area contributed by atoms with Gasteiger partial charge in [0.1, 0.15) is 5.69 Å². The minimum atomic E-state index is -0.113. The van der Waals surface area contributed by atoms with Crippen molar-refractivity contribution in [2.45, 2.75) is 13.0 Å². The molecule has 1 aromatic carbocycles. The van der Waals surface area contributed by atoms with E-state index in [1.807, 2.05) is 49.4 Å². The monoisotopic (exact) mass is 265 g/mol. The van der Waals surface area contributed by atoms with Gasteiger partial charge in [-0.15, -0.1) is 0 Å². The summed E-state index contributed by atoms with van der Waals surface area (Å²) in [6.45, 7) is 1.97. The number of hydrogen-bond donors (Lipinski definition) is 2. The fourth-order valence-electron chi connectivity index (χ4n) is 2.19. The number of benzene rings is 1. The first-order valence-corrected chi connectivity index (χ1v) is 6.52. The molecule has 2 heterocycles. The topological polar surface area (TPSA) is 57.8 Å². The number of aromatic amines is 1. The van der Waals surface area contributed by atoms with Crippen LogP contribution in [0.5, 0.6) is 0 Å². The molecule has 0 fully saturated rings. The van der Waals surface area contributed by atoms with E-state index in [-0.39, 0.29) is 11.9 Å². The molecule has 0 saturated heterocycles. The van der Waals surface area contributed by atoms with Crippen molar-refractivity contribution in [1.82, 2.24) is 15.3 Å².